The van der Waals surface area contributed by atoms with E-state index in [1.54, 1.807) is 25.1 Å². The number of carbonyl (C=O) groups is 1. The smallest absolute Gasteiger partial charge is 0.251 e. The topological polar surface area (TPSA) is 66.5 Å². The first-order valence-electron chi connectivity index (χ1n) is 6.89. The van der Waals surface area contributed by atoms with Gasteiger partial charge in [-0.1, -0.05) is 13.8 Å². The first-order chi connectivity index (χ1) is 9.54. The van der Waals surface area contributed by atoms with Crippen LogP contribution in [0.5, 0.6) is 0 Å². The number of hydrogen-bond donors (Lipinski definition) is 1. The molecular weight excluding hydrogens is 288 g/mol. The van der Waals surface area contributed by atoms with E-state index in [4.69, 9.17) is 0 Å². The fraction of sp³-hybridized carbons (Fsp3) is 0.533. The third-order valence-corrected chi connectivity index (χ3v) is 4.85. The lowest BCUT2D eigenvalue weighted by Crippen LogP contribution is -2.36. The van der Waals surface area contributed by atoms with Gasteiger partial charge < -0.3 is 5.32 Å². The maximum Gasteiger partial charge on any atom is 0.251 e. The Bertz CT molecular complexity index is 624. The van der Waals surface area contributed by atoms with E-state index in [-0.39, 0.29) is 11.9 Å². The van der Waals surface area contributed by atoms with Crippen molar-refractivity contribution in [2.45, 2.75) is 33.7 Å². The van der Waals surface area contributed by atoms with Crippen molar-refractivity contribution in [3.8, 4) is 0 Å². The highest BCUT2D eigenvalue weighted by molar-refractivity contribution is 7.92. The normalized spacial score (nSPS) is 13.1. The molecule has 21 heavy (non-hydrogen) atoms. The molecule has 0 aliphatic carbocycles. The summed E-state index contributed by atoms with van der Waals surface area (Å²) in [6, 6.07) is 5.09. The zero-order valence-corrected chi connectivity index (χ0v) is 14.3. The summed E-state index contributed by atoms with van der Waals surface area (Å²) in [5.41, 5.74) is 1.85. The highest BCUT2D eigenvalue weighted by Crippen LogP contribution is 2.22. The Kier molecular flexibility index (Phi) is 5.39. The number of benzene rings is 1. The number of amides is 1. The second-order valence-corrected chi connectivity index (χ2v) is 7.75. The van der Waals surface area contributed by atoms with Crippen molar-refractivity contribution in [3.63, 3.8) is 0 Å². The molecule has 1 N–H and O–H groups in total. The molecule has 1 aromatic rings. The molecule has 0 radical (unpaired) electrons. The monoisotopic (exact) mass is 312 g/mol. The molecule has 1 rings (SSSR count). The fourth-order valence-electron chi connectivity index (χ4n) is 1.79. The van der Waals surface area contributed by atoms with E-state index in [1.165, 1.54) is 11.4 Å². The largest absolute Gasteiger partial charge is 0.349 e. The van der Waals surface area contributed by atoms with Gasteiger partial charge in [-0.2, -0.15) is 0 Å². The second-order valence-electron chi connectivity index (χ2n) is 5.74. The van der Waals surface area contributed by atoms with E-state index in [1.807, 2.05) is 20.8 Å². The molecule has 0 bridgehead atoms. The molecule has 0 unspecified atom stereocenters. The molecule has 0 spiro atoms. The summed E-state index contributed by atoms with van der Waals surface area (Å²) >= 11 is 0. The van der Waals surface area contributed by atoms with Crippen LogP contribution in [-0.4, -0.2) is 33.7 Å². The standard InChI is InChI=1S/C15H24N2O3S/c1-10(2)12(4)16-15(18)13-7-8-14(11(3)9-13)17(5)21(6,19)20/h7-10,12H,1-6H3,(H,16,18)/t12-/m1/s1. The van der Waals surface area contributed by atoms with E-state index < -0.39 is 10.0 Å². The van der Waals surface area contributed by atoms with Crippen molar-refractivity contribution in [1.29, 1.82) is 0 Å². The third kappa shape index (κ3) is 4.46. The Morgan fingerprint density at radius 1 is 1.24 bits per heavy atom. The number of carbonyl (C=O) groups excluding carboxylic acids is 1. The Morgan fingerprint density at radius 2 is 1.81 bits per heavy atom. The number of sulfonamides is 1. The molecule has 1 amide bonds. The third-order valence-electron chi connectivity index (χ3n) is 3.65. The molecule has 0 fully saturated rings. The minimum Gasteiger partial charge on any atom is -0.349 e. The van der Waals surface area contributed by atoms with E-state index >= 15 is 0 Å². The number of hydrogen-bond acceptors (Lipinski definition) is 3. The molecular formula is C15H24N2O3S. The predicted molar refractivity (Wildman–Crippen MR) is 86.2 cm³/mol. The summed E-state index contributed by atoms with van der Waals surface area (Å²) in [4.78, 5) is 12.1. The number of anilines is 1. The summed E-state index contributed by atoms with van der Waals surface area (Å²) in [6.45, 7) is 7.83. The van der Waals surface area contributed by atoms with Crippen LogP contribution in [0.1, 0.15) is 36.7 Å². The van der Waals surface area contributed by atoms with Crippen LogP contribution in [-0.2, 0) is 10.0 Å². The van der Waals surface area contributed by atoms with Gasteiger partial charge in [0, 0.05) is 18.7 Å². The molecule has 0 aliphatic heterocycles. The van der Waals surface area contributed by atoms with Crippen LogP contribution in [0.25, 0.3) is 0 Å². The summed E-state index contributed by atoms with van der Waals surface area (Å²) in [6.07, 6.45) is 1.15. The second kappa shape index (κ2) is 6.47. The average molecular weight is 312 g/mol. The van der Waals surface area contributed by atoms with Gasteiger partial charge in [0.1, 0.15) is 0 Å². The molecule has 0 saturated carbocycles. The summed E-state index contributed by atoms with van der Waals surface area (Å²) in [5.74, 6) is 0.207. The van der Waals surface area contributed by atoms with Crippen molar-refractivity contribution in [3.05, 3.63) is 29.3 Å². The highest BCUT2D eigenvalue weighted by Gasteiger charge is 2.17. The van der Waals surface area contributed by atoms with Crippen LogP contribution in [0.2, 0.25) is 0 Å². The summed E-state index contributed by atoms with van der Waals surface area (Å²) in [5, 5.41) is 2.93. The summed E-state index contributed by atoms with van der Waals surface area (Å²) < 4.78 is 24.3. The molecule has 0 heterocycles. The first-order valence-corrected chi connectivity index (χ1v) is 8.74. The Hall–Kier alpha value is -1.56. The van der Waals surface area contributed by atoms with Gasteiger partial charge in [-0.3, -0.25) is 9.10 Å². The highest BCUT2D eigenvalue weighted by atomic mass is 32.2. The van der Waals surface area contributed by atoms with Gasteiger partial charge in [0.25, 0.3) is 5.91 Å². The van der Waals surface area contributed by atoms with Crippen molar-refractivity contribution in [2.75, 3.05) is 17.6 Å². The van der Waals surface area contributed by atoms with Gasteiger partial charge >= 0.3 is 0 Å². The fourth-order valence-corrected chi connectivity index (χ4v) is 2.35. The maximum absolute atomic E-state index is 12.1. The molecule has 0 aromatic heterocycles. The Morgan fingerprint density at radius 3 is 2.24 bits per heavy atom. The molecule has 0 saturated heterocycles. The zero-order chi connectivity index (χ0) is 16.4. The number of aryl methyl sites for hydroxylation is 1. The molecule has 1 aromatic carbocycles. The van der Waals surface area contributed by atoms with Crippen LogP contribution >= 0.6 is 0 Å². The molecule has 0 aliphatic rings. The van der Waals surface area contributed by atoms with Crippen LogP contribution in [0.3, 0.4) is 0 Å². The van der Waals surface area contributed by atoms with Crippen LogP contribution in [0.4, 0.5) is 5.69 Å². The number of nitrogens with zero attached hydrogens (tertiary/aromatic N) is 1. The van der Waals surface area contributed by atoms with E-state index in [2.05, 4.69) is 5.32 Å². The Labute approximate surface area is 127 Å². The van der Waals surface area contributed by atoms with E-state index in [0.717, 1.165) is 11.8 Å². The lowest BCUT2D eigenvalue weighted by atomic mass is 10.0. The van der Waals surface area contributed by atoms with E-state index in [9.17, 15) is 13.2 Å². The van der Waals surface area contributed by atoms with Gasteiger partial charge in [0.2, 0.25) is 10.0 Å². The lowest BCUT2D eigenvalue weighted by molar-refractivity contribution is 0.0930. The zero-order valence-electron chi connectivity index (χ0n) is 13.5. The van der Waals surface area contributed by atoms with Crippen molar-refractivity contribution >= 4 is 21.6 Å². The van der Waals surface area contributed by atoms with Crippen LogP contribution in [0, 0.1) is 12.8 Å². The molecule has 5 nitrogen and oxygen atoms in total. The van der Waals surface area contributed by atoms with E-state index in [0.29, 0.717) is 17.2 Å². The predicted octanol–water partition coefficient (Wildman–Crippen LogP) is 2.17. The first kappa shape index (κ1) is 17.5. The maximum atomic E-state index is 12.1. The minimum atomic E-state index is -3.31. The SMILES string of the molecule is Cc1cc(C(=O)N[C@H](C)C(C)C)ccc1N(C)S(C)(=O)=O. The average Bonchev–Trinajstić information content (AvgIpc) is 2.36. The van der Waals surface area contributed by atoms with Gasteiger partial charge in [0.15, 0.2) is 0 Å². The number of rotatable bonds is 5. The van der Waals surface area contributed by atoms with Gasteiger partial charge in [-0.05, 0) is 43.5 Å². The van der Waals surface area contributed by atoms with Crippen LogP contribution < -0.4 is 9.62 Å². The molecule has 118 valence electrons. The van der Waals surface area contributed by atoms with Gasteiger partial charge in [-0.25, -0.2) is 8.42 Å². The number of nitrogens with one attached hydrogen (secondary N) is 1. The van der Waals surface area contributed by atoms with Crippen LogP contribution in [0.15, 0.2) is 18.2 Å². The van der Waals surface area contributed by atoms with Crippen molar-refractivity contribution in [1.82, 2.24) is 5.32 Å². The minimum absolute atomic E-state index is 0.0798. The summed E-state index contributed by atoms with van der Waals surface area (Å²) in [7, 11) is -1.81. The quantitative estimate of drug-likeness (QED) is 0.906. The molecule has 6 heteroatoms. The Balaban J connectivity index is 3.00. The van der Waals surface area contributed by atoms with Crippen molar-refractivity contribution in [2.24, 2.45) is 5.92 Å². The van der Waals surface area contributed by atoms with Gasteiger partial charge in [0.05, 0.1) is 11.9 Å². The van der Waals surface area contributed by atoms with Gasteiger partial charge in [-0.15, -0.1) is 0 Å². The lowest BCUT2D eigenvalue weighted by Gasteiger charge is -2.20. The molecule has 1 atom stereocenters. The van der Waals surface area contributed by atoms with Crippen molar-refractivity contribution < 1.29 is 13.2 Å².